The molecule has 3 aromatic rings. The lowest BCUT2D eigenvalue weighted by Gasteiger charge is -2.32. The second-order valence-corrected chi connectivity index (χ2v) is 8.64. The average Bonchev–Trinajstić information content (AvgIpc) is 2.84. The summed E-state index contributed by atoms with van der Waals surface area (Å²) in [5.41, 5.74) is -0.723. The summed E-state index contributed by atoms with van der Waals surface area (Å²) in [5.74, 6) is 0.449. The van der Waals surface area contributed by atoms with Gasteiger partial charge in [0.05, 0.1) is 11.3 Å². The van der Waals surface area contributed by atoms with Gasteiger partial charge in [0.1, 0.15) is 0 Å². The van der Waals surface area contributed by atoms with Crippen molar-refractivity contribution < 1.29 is 18.0 Å². The zero-order valence-corrected chi connectivity index (χ0v) is 19.6. The molecular weight excluding hydrogens is 483 g/mol. The van der Waals surface area contributed by atoms with Gasteiger partial charge in [-0.05, 0) is 61.4 Å². The van der Waals surface area contributed by atoms with E-state index in [1.54, 1.807) is 31.2 Å². The number of carbonyl (C=O) groups excluding carboxylic acids is 1. The third kappa shape index (κ3) is 5.64. The lowest BCUT2D eigenvalue weighted by molar-refractivity contribution is -0.137. The molecule has 35 heavy (non-hydrogen) atoms. The molecule has 1 aromatic heterocycles. The summed E-state index contributed by atoms with van der Waals surface area (Å²) >= 11 is 6.01. The van der Waals surface area contributed by atoms with E-state index in [-0.39, 0.29) is 29.4 Å². The van der Waals surface area contributed by atoms with Gasteiger partial charge >= 0.3 is 11.9 Å². The van der Waals surface area contributed by atoms with E-state index < -0.39 is 17.4 Å². The predicted molar refractivity (Wildman–Crippen MR) is 127 cm³/mol. The standard InChI is InChI=1S/C24H23ClF3N5O2/c1-2-20(34)29-18-11-13-32(14-12-18)22-30-21(15-3-7-17(25)8-4-15)33(23(35)31-22)19-9-5-16(6-10-19)24(26,27)28/h3-10,18H,2,11-14H2,1H3,(H,29,34). The number of aromatic nitrogens is 3. The molecule has 7 nitrogen and oxygen atoms in total. The van der Waals surface area contributed by atoms with Crippen molar-refractivity contribution in [2.75, 3.05) is 18.0 Å². The maximum Gasteiger partial charge on any atom is 0.416 e. The minimum absolute atomic E-state index is 0.0103. The number of nitrogens with one attached hydrogen (secondary N) is 1. The molecule has 2 heterocycles. The number of nitrogens with zero attached hydrogens (tertiary/aromatic N) is 4. The zero-order chi connectivity index (χ0) is 25.2. The Balaban J connectivity index is 1.71. The summed E-state index contributed by atoms with van der Waals surface area (Å²) in [6, 6.07) is 10.9. The zero-order valence-electron chi connectivity index (χ0n) is 18.8. The molecule has 0 atom stereocenters. The van der Waals surface area contributed by atoms with Crippen LogP contribution in [0.15, 0.2) is 53.3 Å². The number of anilines is 1. The van der Waals surface area contributed by atoms with Crippen LogP contribution in [-0.4, -0.2) is 39.6 Å². The highest BCUT2D eigenvalue weighted by molar-refractivity contribution is 6.30. The van der Waals surface area contributed by atoms with E-state index in [4.69, 9.17) is 11.6 Å². The molecule has 184 valence electrons. The van der Waals surface area contributed by atoms with Crippen molar-refractivity contribution in [1.82, 2.24) is 19.9 Å². The maximum absolute atomic E-state index is 13.2. The van der Waals surface area contributed by atoms with Crippen molar-refractivity contribution in [1.29, 1.82) is 0 Å². The Hall–Kier alpha value is -3.40. The normalized spacial score (nSPS) is 14.7. The molecule has 11 heteroatoms. The summed E-state index contributed by atoms with van der Waals surface area (Å²) in [6.45, 7) is 2.87. The molecule has 0 bridgehead atoms. The fourth-order valence-electron chi connectivity index (χ4n) is 3.92. The van der Waals surface area contributed by atoms with E-state index in [0.717, 1.165) is 12.1 Å². The van der Waals surface area contributed by atoms with Crippen molar-refractivity contribution in [3.8, 4) is 17.1 Å². The number of hydrogen-bond acceptors (Lipinski definition) is 5. The molecule has 1 aliphatic rings. The summed E-state index contributed by atoms with van der Waals surface area (Å²) in [5, 5.41) is 3.46. The lowest BCUT2D eigenvalue weighted by atomic mass is 10.1. The van der Waals surface area contributed by atoms with Crippen LogP contribution in [-0.2, 0) is 11.0 Å². The molecule has 1 saturated heterocycles. The number of halogens is 4. The first-order valence-electron chi connectivity index (χ1n) is 11.1. The largest absolute Gasteiger partial charge is 0.416 e. The van der Waals surface area contributed by atoms with Crippen molar-refractivity contribution in [2.24, 2.45) is 0 Å². The smallest absolute Gasteiger partial charge is 0.353 e. The molecule has 0 aliphatic carbocycles. The molecule has 1 fully saturated rings. The van der Waals surface area contributed by atoms with Gasteiger partial charge in [-0.15, -0.1) is 0 Å². The number of alkyl halides is 3. The molecule has 1 N–H and O–H groups in total. The highest BCUT2D eigenvalue weighted by Gasteiger charge is 2.30. The fourth-order valence-corrected chi connectivity index (χ4v) is 4.04. The Morgan fingerprint density at radius 1 is 1.06 bits per heavy atom. The van der Waals surface area contributed by atoms with Crippen LogP contribution < -0.4 is 15.9 Å². The highest BCUT2D eigenvalue weighted by atomic mass is 35.5. The molecule has 2 aromatic carbocycles. The first-order chi connectivity index (χ1) is 16.7. The van der Waals surface area contributed by atoms with Crippen LogP contribution in [0.4, 0.5) is 19.1 Å². The van der Waals surface area contributed by atoms with Gasteiger partial charge in [-0.3, -0.25) is 4.79 Å². The topological polar surface area (TPSA) is 80.1 Å². The van der Waals surface area contributed by atoms with Gasteiger partial charge in [-0.1, -0.05) is 18.5 Å². The van der Waals surface area contributed by atoms with Gasteiger partial charge in [-0.25, -0.2) is 9.36 Å². The van der Waals surface area contributed by atoms with Crippen molar-refractivity contribution in [3.05, 3.63) is 69.6 Å². The van der Waals surface area contributed by atoms with E-state index in [0.29, 0.717) is 42.9 Å². The van der Waals surface area contributed by atoms with Crippen LogP contribution in [0.1, 0.15) is 31.7 Å². The first kappa shape index (κ1) is 24.7. The molecule has 0 saturated carbocycles. The van der Waals surface area contributed by atoms with Gasteiger partial charge < -0.3 is 10.2 Å². The monoisotopic (exact) mass is 505 g/mol. The highest BCUT2D eigenvalue weighted by Crippen LogP contribution is 2.30. The van der Waals surface area contributed by atoms with Crippen LogP contribution >= 0.6 is 11.6 Å². The van der Waals surface area contributed by atoms with Crippen molar-refractivity contribution in [2.45, 2.75) is 38.4 Å². The second-order valence-electron chi connectivity index (χ2n) is 8.20. The number of amides is 1. The average molecular weight is 506 g/mol. The van der Waals surface area contributed by atoms with Gasteiger partial charge in [0.2, 0.25) is 11.9 Å². The van der Waals surface area contributed by atoms with Gasteiger partial charge in [0.15, 0.2) is 5.82 Å². The molecule has 1 amide bonds. The molecule has 0 unspecified atom stereocenters. The summed E-state index contributed by atoms with van der Waals surface area (Å²) in [7, 11) is 0. The maximum atomic E-state index is 13.2. The van der Waals surface area contributed by atoms with Crippen LogP contribution in [0.5, 0.6) is 0 Å². The molecule has 0 spiro atoms. The summed E-state index contributed by atoms with van der Waals surface area (Å²) in [4.78, 5) is 35.5. The quantitative estimate of drug-likeness (QED) is 0.554. The van der Waals surface area contributed by atoms with Crippen LogP contribution in [0.2, 0.25) is 5.02 Å². The van der Waals surface area contributed by atoms with Crippen LogP contribution in [0.25, 0.3) is 17.1 Å². The number of benzene rings is 2. The number of rotatable bonds is 5. The van der Waals surface area contributed by atoms with Crippen LogP contribution in [0.3, 0.4) is 0 Å². The molecule has 4 rings (SSSR count). The first-order valence-corrected chi connectivity index (χ1v) is 11.5. The van der Waals surface area contributed by atoms with E-state index in [9.17, 15) is 22.8 Å². The lowest BCUT2D eigenvalue weighted by Crippen LogP contribution is -2.45. The van der Waals surface area contributed by atoms with Gasteiger partial charge in [0.25, 0.3) is 0 Å². The second kappa shape index (κ2) is 10.1. The van der Waals surface area contributed by atoms with Crippen molar-refractivity contribution >= 4 is 23.5 Å². The Morgan fingerprint density at radius 3 is 2.26 bits per heavy atom. The summed E-state index contributed by atoms with van der Waals surface area (Å²) in [6.07, 6.45) is -2.73. The minimum Gasteiger partial charge on any atom is -0.353 e. The Labute approximate surface area is 204 Å². The Morgan fingerprint density at radius 2 is 1.69 bits per heavy atom. The molecule has 0 radical (unpaired) electrons. The third-order valence-corrected chi connectivity index (χ3v) is 6.08. The minimum atomic E-state index is -4.49. The predicted octanol–water partition coefficient (Wildman–Crippen LogP) is 4.46. The molecular formula is C24H23ClF3N5O2. The van der Waals surface area contributed by atoms with E-state index >= 15 is 0 Å². The van der Waals surface area contributed by atoms with Crippen LogP contribution in [0, 0.1) is 0 Å². The van der Waals surface area contributed by atoms with Gasteiger partial charge in [0, 0.05) is 36.1 Å². The number of hydrogen-bond donors (Lipinski definition) is 1. The van der Waals surface area contributed by atoms with Gasteiger partial charge in [-0.2, -0.15) is 23.1 Å². The number of piperidine rings is 1. The van der Waals surface area contributed by atoms with E-state index in [1.165, 1.54) is 16.7 Å². The summed E-state index contributed by atoms with van der Waals surface area (Å²) < 4.78 is 40.3. The Bertz CT molecular complexity index is 1250. The Kier molecular flexibility index (Phi) is 7.11. The fraction of sp³-hybridized carbons (Fsp3) is 0.333. The SMILES string of the molecule is CCC(=O)NC1CCN(c2nc(-c3ccc(Cl)cc3)n(-c3ccc(C(F)(F)F)cc3)c(=O)n2)CC1. The third-order valence-electron chi connectivity index (χ3n) is 5.82. The van der Waals surface area contributed by atoms with E-state index in [2.05, 4.69) is 15.3 Å². The van der Waals surface area contributed by atoms with Crippen molar-refractivity contribution in [3.63, 3.8) is 0 Å². The molecule has 1 aliphatic heterocycles. The number of carbonyl (C=O) groups is 1. The van der Waals surface area contributed by atoms with E-state index in [1.807, 2.05) is 4.90 Å².